The highest BCUT2D eigenvalue weighted by Crippen LogP contribution is 2.06. The van der Waals surface area contributed by atoms with Crippen molar-refractivity contribution in [3.05, 3.63) is 47.3 Å². The lowest BCUT2D eigenvalue weighted by atomic mass is 10.2. The third kappa shape index (κ3) is 3.19. The summed E-state index contributed by atoms with van der Waals surface area (Å²) in [6.45, 7) is 1.98. The van der Waals surface area contributed by atoms with Crippen LogP contribution in [0.2, 0.25) is 0 Å². The van der Waals surface area contributed by atoms with Crippen molar-refractivity contribution in [1.29, 1.82) is 0 Å². The van der Waals surface area contributed by atoms with Gasteiger partial charge in [-0.15, -0.1) is 0 Å². The molecule has 0 spiro atoms. The first kappa shape index (κ1) is 13.7. The van der Waals surface area contributed by atoms with Crippen LogP contribution >= 0.6 is 0 Å². The van der Waals surface area contributed by atoms with Crippen LogP contribution in [0.25, 0.3) is 0 Å². The van der Waals surface area contributed by atoms with Crippen LogP contribution in [0.15, 0.2) is 24.5 Å². The fraction of sp³-hybridized carbons (Fsp3) is 0.231. The van der Waals surface area contributed by atoms with Gasteiger partial charge in [-0.05, 0) is 19.1 Å². The van der Waals surface area contributed by atoms with Gasteiger partial charge in [-0.3, -0.25) is 4.79 Å². The van der Waals surface area contributed by atoms with Crippen LogP contribution in [0.1, 0.15) is 32.4 Å². The zero-order valence-corrected chi connectivity index (χ0v) is 10.9. The minimum absolute atomic E-state index is 0.0946. The number of aryl methyl sites for hydroxylation is 1. The molecule has 0 unspecified atom stereocenters. The number of nitrogens with zero attached hydrogens (tertiary/aromatic N) is 2. The first-order valence-electron chi connectivity index (χ1n) is 6.05. The molecule has 2 heterocycles. The van der Waals surface area contributed by atoms with Crippen LogP contribution in [-0.4, -0.2) is 38.5 Å². The van der Waals surface area contributed by atoms with Gasteiger partial charge < -0.3 is 15.4 Å². The number of carbonyl (C=O) groups is 2. The molecule has 0 aliphatic heterocycles. The van der Waals surface area contributed by atoms with E-state index in [1.807, 2.05) is 0 Å². The normalized spacial score (nSPS) is 10.2. The molecule has 20 heavy (non-hydrogen) atoms. The molecule has 0 radical (unpaired) electrons. The standard InChI is InChI=1S/C13H14N4O3/c1-8-9(13(19)20)2-3-10(17-8)12(18)16-5-4-11-14-6-7-15-11/h2-3,6-7H,4-5H2,1H3,(H,14,15)(H,16,18)(H,19,20). The summed E-state index contributed by atoms with van der Waals surface area (Å²) < 4.78 is 0. The van der Waals surface area contributed by atoms with Crippen LogP contribution in [-0.2, 0) is 6.42 Å². The molecule has 0 aromatic carbocycles. The van der Waals surface area contributed by atoms with Crippen molar-refractivity contribution < 1.29 is 14.7 Å². The van der Waals surface area contributed by atoms with Crippen molar-refractivity contribution in [2.75, 3.05) is 6.54 Å². The first-order valence-corrected chi connectivity index (χ1v) is 6.05. The highest BCUT2D eigenvalue weighted by atomic mass is 16.4. The number of imidazole rings is 1. The summed E-state index contributed by atoms with van der Waals surface area (Å²) in [5.41, 5.74) is 0.611. The van der Waals surface area contributed by atoms with E-state index in [-0.39, 0.29) is 17.2 Å². The maximum atomic E-state index is 11.9. The quantitative estimate of drug-likeness (QED) is 0.746. The Bertz CT molecular complexity index is 623. The molecule has 2 aromatic heterocycles. The Morgan fingerprint density at radius 2 is 2.20 bits per heavy atom. The van der Waals surface area contributed by atoms with Crippen molar-refractivity contribution in [3.63, 3.8) is 0 Å². The minimum atomic E-state index is -1.06. The number of carboxylic acid groups (broad SMARTS) is 1. The number of aromatic carboxylic acids is 1. The van der Waals surface area contributed by atoms with Gasteiger partial charge in [-0.25, -0.2) is 14.8 Å². The van der Waals surface area contributed by atoms with Gasteiger partial charge in [0.1, 0.15) is 11.5 Å². The van der Waals surface area contributed by atoms with E-state index in [0.29, 0.717) is 18.7 Å². The Balaban J connectivity index is 1.95. The van der Waals surface area contributed by atoms with E-state index < -0.39 is 5.97 Å². The molecule has 2 rings (SSSR count). The topological polar surface area (TPSA) is 108 Å². The number of hydrogen-bond donors (Lipinski definition) is 3. The summed E-state index contributed by atoms with van der Waals surface area (Å²) in [5.74, 6) is -0.605. The summed E-state index contributed by atoms with van der Waals surface area (Å²) in [6, 6.07) is 2.78. The lowest BCUT2D eigenvalue weighted by molar-refractivity contribution is 0.0694. The van der Waals surface area contributed by atoms with E-state index in [0.717, 1.165) is 5.82 Å². The number of H-pyrrole nitrogens is 1. The smallest absolute Gasteiger partial charge is 0.337 e. The summed E-state index contributed by atoms with van der Waals surface area (Å²) >= 11 is 0. The number of carboxylic acids is 1. The maximum Gasteiger partial charge on any atom is 0.337 e. The Morgan fingerprint density at radius 1 is 1.40 bits per heavy atom. The van der Waals surface area contributed by atoms with Crippen molar-refractivity contribution in [1.82, 2.24) is 20.3 Å². The second kappa shape index (κ2) is 5.96. The van der Waals surface area contributed by atoms with Crippen molar-refractivity contribution in [2.45, 2.75) is 13.3 Å². The average molecular weight is 274 g/mol. The van der Waals surface area contributed by atoms with Crippen LogP contribution in [0.5, 0.6) is 0 Å². The number of rotatable bonds is 5. The van der Waals surface area contributed by atoms with E-state index in [1.165, 1.54) is 12.1 Å². The van der Waals surface area contributed by atoms with Gasteiger partial charge in [0.25, 0.3) is 5.91 Å². The van der Waals surface area contributed by atoms with Crippen molar-refractivity contribution in [3.8, 4) is 0 Å². The largest absolute Gasteiger partial charge is 0.478 e. The molecule has 7 heteroatoms. The maximum absolute atomic E-state index is 11.9. The Kier molecular flexibility index (Phi) is 4.09. The number of hydrogen-bond acceptors (Lipinski definition) is 4. The predicted octanol–water partition coefficient (Wildman–Crippen LogP) is 0.784. The molecule has 0 aliphatic carbocycles. The molecule has 0 fully saturated rings. The van der Waals surface area contributed by atoms with Gasteiger partial charge in [0.2, 0.25) is 0 Å². The van der Waals surface area contributed by atoms with Gasteiger partial charge >= 0.3 is 5.97 Å². The van der Waals surface area contributed by atoms with E-state index >= 15 is 0 Å². The third-order valence-corrected chi connectivity index (χ3v) is 2.75. The van der Waals surface area contributed by atoms with Gasteiger partial charge in [0, 0.05) is 25.4 Å². The summed E-state index contributed by atoms with van der Waals surface area (Å²) in [4.78, 5) is 33.7. The van der Waals surface area contributed by atoms with E-state index in [2.05, 4.69) is 20.3 Å². The van der Waals surface area contributed by atoms with E-state index in [4.69, 9.17) is 5.11 Å². The van der Waals surface area contributed by atoms with Crippen LogP contribution in [0, 0.1) is 6.92 Å². The van der Waals surface area contributed by atoms with E-state index in [1.54, 1.807) is 19.3 Å². The number of nitrogens with one attached hydrogen (secondary N) is 2. The molecule has 0 bridgehead atoms. The summed E-state index contributed by atoms with van der Waals surface area (Å²) in [5, 5.41) is 11.6. The fourth-order valence-corrected chi connectivity index (χ4v) is 1.73. The van der Waals surface area contributed by atoms with Crippen LogP contribution in [0.3, 0.4) is 0 Å². The van der Waals surface area contributed by atoms with Gasteiger partial charge in [-0.2, -0.15) is 0 Å². The minimum Gasteiger partial charge on any atom is -0.478 e. The van der Waals surface area contributed by atoms with Gasteiger partial charge in [0.05, 0.1) is 11.3 Å². The van der Waals surface area contributed by atoms with Crippen molar-refractivity contribution in [2.24, 2.45) is 0 Å². The molecule has 3 N–H and O–H groups in total. The monoisotopic (exact) mass is 274 g/mol. The lowest BCUT2D eigenvalue weighted by Gasteiger charge is -2.05. The number of aromatic amines is 1. The van der Waals surface area contributed by atoms with E-state index in [9.17, 15) is 9.59 Å². The molecule has 2 aromatic rings. The molecule has 0 saturated heterocycles. The first-order chi connectivity index (χ1) is 9.58. The molecule has 104 valence electrons. The number of pyridine rings is 1. The van der Waals surface area contributed by atoms with Gasteiger partial charge in [-0.1, -0.05) is 0 Å². The number of aromatic nitrogens is 3. The Labute approximate surface area is 115 Å². The van der Waals surface area contributed by atoms with Gasteiger partial charge in [0.15, 0.2) is 0 Å². The second-order valence-corrected chi connectivity index (χ2v) is 4.18. The molecule has 1 amide bonds. The molecule has 7 nitrogen and oxygen atoms in total. The molecule has 0 saturated carbocycles. The zero-order chi connectivity index (χ0) is 14.5. The average Bonchev–Trinajstić information content (AvgIpc) is 2.91. The molecular weight excluding hydrogens is 260 g/mol. The Hall–Kier alpha value is -2.70. The molecular formula is C13H14N4O3. The summed E-state index contributed by atoms with van der Waals surface area (Å²) in [6.07, 6.45) is 3.95. The highest BCUT2D eigenvalue weighted by molar-refractivity contribution is 5.94. The zero-order valence-electron chi connectivity index (χ0n) is 10.9. The second-order valence-electron chi connectivity index (χ2n) is 4.18. The highest BCUT2D eigenvalue weighted by Gasteiger charge is 2.12. The van der Waals surface area contributed by atoms with Crippen molar-refractivity contribution >= 4 is 11.9 Å². The number of carbonyl (C=O) groups excluding carboxylic acids is 1. The third-order valence-electron chi connectivity index (χ3n) is 2.75. The predicted molar refractivity (Wildman–Crippen MR) is 70.6 cm³/mol. The fourth-order valence-electron chi connectivity index (χ4n) is 1.73. The Morgan fingerprint density at radius 3 is 2.80 bits per heavy atom. The SMILES string of the molecule is Cc1nc(C(=O)NCCc2ncc[nH]2)ccc1C(=O)O. The molecule has 0 aliphatic rings. The van der Waals surface area contributed by atoms with Crippen LogP contribution in [0.4, 0.5) is 0 Å². The lowest BCUT2D eigenvalue weighted by Crippen LogP contribution is -2.27. The number of amides is 1. The molecule has 0 atom stereocenters. The van der Waals surface area contributed by atoms with Crippen LogP contribution < -0.4 is 5.32 Å². The summed E-state index contributed by atoms with van der Waals surface area (Å²) in [7, 11) is 0.